The quantitative estimate of drug-likeness (QED) is 0.631. The minimum absolute atomic E-state index is 0.415. The maximum Gasteiger partial charge on any atom is 0.193 e. The Bertz CT molecular complexity index is 456. The number of hydrogen-bond donors (Lipinski definition) is 2. The van der Waals surface area contributed by atoms with Gasteiger partial charge in [-0.3, -0.25) is 4.99 Å². The van der Waals surface area contributed by atoms with Crippen molar-refractivity contribution in [2.45, 2.75) is 19.3 Å². The van der Waals surface area contributed by atoms with Crippen LogP contribution in [0, 0.1) is 5.92 Å². The topological polar surface area (TPSA) is 68.9 Å². The number of nitrogens with one attached hydrogen (secondary N) is 1. The number of rotatable bonds is 5. The second kappa shape index (κ2) is 6.31. The first kappa shape index (κ1) is 13.5. The molecule has 0 radical (unpaired) electrons. The van der Waals surface area contributed by atoms with Crippen LogP contribution in [-0.2, 0) is 0 Å². The summed E-state index contributed by atoms with van der Waals surface area (Å²) >= 11 is 0. The van der Waals surface area contributed by atoms with Gasteiger partial charge >= 0.3 is 0 Å². The lowest BCUT2D eigenvalue weighted by Crippen LogP contribution is -2.25. The van der Waals surface area contributed by atoms with E-state index in [1.807, 2.05) is 18.2 Å². The van der Waals surface area contributed by atoms with E-state index in [0.29, 0.717) is 17.6 Å². The number of ether oxygens (including phenoxy) is 2. The maximum absolute atomic E-state index is 5.89. The number of anilines is 1. The molecular formula is C14H21N3O2. The van der Waals surface area contributed by atoms with Gasteiger partial charge in [0.15, 0.2) is 5.96 Å². The zero-order valence-corrected chi connectivity index (χ0v) is 11.5. The van der Waals surface area contributed by atoms with Crippen LogP contribution in [0.25, 0.3) is 0 Å². The molecule has 1 aliphatic carbocycles. The van der Waals surface area contributed by atoms with Crippen LogP contribution in [0.2, 0.25) is 0 Å². The summed E-state index contributed by atoms with van der Waals surface area (Å²) in [5.41, 5.74) is 6.65. The molecule has 0 unspecified atom stereocenters. The van der Waals surface area contributed by atoms with E-state index in [-0.39, 0.29) is 0 Å². The highest BCUT2D eigenvalue weighted by molar-refractivity contribution is 5.94. The third-order valence-corrected chi connectivity index (χ3v) is 3.41. The van der Waals surface area contributed by atoms with E-state index in [9.17, 15) is 0 Å². The highest BCUT2D eigenvalue weighted by Crippen LogP contribution is 2.29. The first-order valence-electron chi connectivity index (χ1n) is 6.52. The van der Waals surface area contributed by atoms with Gasteiger partial charge in [0.2, 0.25) is 0 Å². The molecule has 1 aromatic carbocycles. The molecule has 0 heterocycles. The first-order chi connectivity index (χ1) is 9.22. The normalized spacial score (nSPS) is 15.8. The van der Waals surface area contributed by atoms with Gasteiger partial charge in [0.05, 0.1) is 19.9 Å². The molecule has 0 amide bonds. The minimum Gasteiger partial charge on any atom is -0.497 e. The van der Waals surface area contributed by atoms with Crippen molar-refractivity contribution in [3.8, 4) is 11.5 Å². The summed E-state index contributed by atoms with van der Waals surface area (Å²) < 4.78 is 10.5. The van der Waals surface area contributed by atoms with E-state index < -0.39 is 0 Å². The van der Waals surface area contributed by atoms with Crippen LogP contribution in [0.15, 0.2) is 23.2 Å². The van der Waals surface area contributed by atoms with Crippen molar-refractivity contribution in [1.29, 1.82) is 0 Å². The smallest absolute Gasteiger partial charge is 0.193 e. The Morgan fingerprint density at radius 1 is 1.37 bits per heavy atom. The molecule has 0 bridgehead atoms. The maximum atomic E-state index is 5.89. The first-order valence-corrected chi connectivity index (χ1v) is 6.52. The fraction of sp³-hybridized carbons (Fsp3) is 0.500. The van der Waals surface area contributed by atoms with Gasteiger partial charge in [-0.15, -0.1) is 0 Å². The Morgan fingerprint density at radius 3 is 2.74 bits per heavy atom. The Hall–Kier alpha value is -1.91. The van der Waals surface area contributed by atoms with E-state index >= 15 is 0 Å². The summed E-state index contributed by atoms with van der Waals surface area (Å²) in [5.74, 6) is 2.57. The van der Waals surface area contributed by atoms with Crippen LogP contribution in [0.1, 0.15) is 19.3 Å². The van der Waals surface area contributed by atoms with Gasteiger partial charge in [-0.1, -0.05) is 6.42 Å². The Kier molecular flexibility index (Phi) is 4.49. The van der Waals surface area contributed by atoms with Gasteiger partial charge in [0.25, 0.3) is 0 Å². The Morgan fingerprint density at radius 2 is 2.16 bits per heavy atom. The second-order valence-corrected chi connectivity index (χ2v) is 4.71. The van der Waals surface area contributed by atoms with Crippen molar-refractivity contribution >= 4 is 11.6 Å². The van der Waals surface area contributed by atoms with Crippen LogP contribution >= 0.6 is 0 Å². The Balaban J connectivity index is 2.03. The molecule has 1 saturated carbocycles. The number of nitrogens with two attached hydrogens (primary N) is 1. The number of aliphatic imine (C=N–C) groups is 1. The molecule has 19 heavy (non-hydrogen) atoms. The molecule has 0 spiro atoms. The predicted molar refractivity (Wildman–Crippen MR) is 77.0 cm³/mol. The average Bonchev–Trinajstić information content (AvgIpc) is 2.36. The van der Waals surface area contributed by atoms with Crippen LogP contribution in [-0.4, -0.2) is 26.7 Å². The zero-order valence-electron chi connectivity index (χ0n) is 11.5. The molecule has 3 N–H and O–H groups in total. The van der Waals surface area contributed by atoms with Crippen molar-refractivity contribution < 1.29 is 9.47 Å². The van der Waals surface area contributed by atoms with Gasteiger partial charge < -0.3 is 20.5 Å². The largest absolute Gasteiger partial charge is 0.497 e. The van der Waals surface area contributed by atoms with Crippen LogP contribution in [0.3, 0.4) is 0 Å². The molecule has 1 fully saturated rings. The zero-order chi connectivity index (χ0) is 13.7. The molecule has 104 valence electrons. The minimum atomic E-state index is 0.415. The molecule has 1 aromatic rings. The molecule has 1 aliphatic rings. The second-order valence-electron chi connectivity index (χ2n) is 4.71. The molecule has 5 heteroatoms. The lowest BCUT2D eigenvalue weighted by molar-refractivity contribution is 0.326. The summed E-state index contributed by atoms with van der Waals surface area (Å²) in [6, 6.07) is 5.51. The number of hydrogen-bond acceptors (Lipinski definition) is 3. The van der Waals surface area contributed by atoms with E-state index in [2.05, 4.69) is 10.3 Å². The summed E-state index contributed by atoms with van der Waals surface area (Å²) in [7, 11) is 3.24. The van der Waals surface area contributed by atoms with Gasteiger partial charge in [0.1, 0.15) is 11.5 Å². The van der Waals surface area contributed by atoms with Crippen molar-refractivity contribution in [3.05, 3.63) is 18.2 Å². The summed E-state index contributed by atoms with van der Waals surface area (Å²) in [4.78, 5) is 4.36. The van der Waals surface area contributed by atoms with Gasteiger partial charge in [-0.05, 0) is 30.9 Å². The van der Waals surface area contributed by atoms with Crippen molar-refractivity contribution in [2.24, 2.45) is 16.6 Å². The highest BCUT2D eigenvalue weighted by atomic mass is 16.5. The number of benzene rings is 1. The van der Waals surface area contributed by atoms with Gasteiger partial charge in [-0.2, -0.15) is 0 Å². The molecule has 0 saturated heterocycles. The fourth-order valence-corrected chi connectivity index (χ4v) is 1.99. The molecule has 0 aliphatic heterocycles. The standard InChI is InChI=1S/C14H21N3O2/c1-18-11-6-7-13(19-2)12(8-11)17-14(15)16-9-10-4-3-5-10/h6-8,10H,3-5,9H2,1-2H3,(H3,15,16,17). The lowest BCUT2D eigenvalue weighted by atomic mass is 9.86. The molecule has 5 nitrogen and oxygen atoms in total. The fourth-order valence-electron chi connectivity index (χ4n) is 1.99. The lowest BCUT2D eigenvalue weighted by Gasteiger charge is -2.23. The van der Waals surface area contributed by atoms with Crippen LogP contribution in [0.4, 0.5) is 5.69 Å². The average molecular weight is 263 g/mol. The summed E-state index contributed by atoms with van der Waals surface area (Å²) in [5, 5.41) is 3.06. The summed E-state index contributed by atoms with van der Waals surface area (Å²) in [6.07, 6.45) is 3.84. The van der Waals surface area contributed by atoms with Crippen LogP contribution < -0.4 is 20.5 Å². The molecular weight excluding hydrogens is 242 g/mol. The molecule has 0 atom stereocenters. The van der Waals surface area contributed by atoms with E-state index in [1.165, 1.54) is 19.3 Å². The van der Waals surface area contributed by atoms with E-state index in [1.54, 1.807) is 14.2 Å². The van der Waals surface area contributed by atoms with E-state index in [0.717, 1.165) is 18.0 Å². The third-order valence-electron chi connectivity index (χ3n) is 3.41. The van der Waals surface area contributed by atoms with Gasteiger partial charge in [-0.25, -0.2) is 0 Å². The molecule has 2 rings (SSSR count). The highest BCUT2D eigenvalue weighted by Gasteiger charge is 2.16. The Labute approximate surface area is 113 Å². The molecule has 0 aromatic heterocycles. The monoisotopic (exact) mass is 263 g/mol. The van der Waals surface area contributed by atoms with E-state index in [4.69, 9.17) is 15.2 Å². The van der Waals surface area contributed by atoms with Crippen LogP contribution in [0.5, 0.6) is 11.5 Å². The van der Waals surface area contributed by atoms with Gasteiger partial charge in [0, 0.05) is 12.6 Å². The summed E-state index contributed by atoms with van der Waals surface area (Å²) in [6.45, 7) is 0.797. The third kappa shape index (κ3) is 3.53. The van der Waals surface area contributed by atoms with Crippen molar-refractivity contribution in [2.75, 3.05) is 26.1 Å². The van der Waals surface area contributed by atoms with Crippen molar-refractivity contribution in [3.63, 3.8) is 0 Å². The SMILES string of the molecule is COc1ccc(OC)c(NC(N)=NCC2CCC2)c1. The predicted octanol–water partition coefficient (Wildman–Crippen LogP) is 2.23. The number of guanidine groups is 1. The van der Waals surface area contributed by atoms with Crippen molar-refractivity contribution in [1.82, 2.24) is 0 Å². The number of nitrogens with zero attached hydrogens (tertiary/aromatic N) is 1. The number of methoxy groups -OCH3 is 2.